The Morgan fingerprint density at radius 1 is 1.38 bits per heavy atom. The highest BCUT2D eigenvalue weighted by Gasteiger charge is 2.32. The fraction of sp³-hybridized carbons (Fsp3) is 0.571. The number of anilines is 1. The van der Waals surface area contributed by atoms with Gasteiger partial charge in [0.25, 0.3) is 0 Å². The fourth-order valence-corrected chi connectivity index (χ4v) is 2.88. The normalized spacial score (nSPS) is 21.8. The SMILES string of the molecule is CC(=O)N1CCCC1c1nc(C)cc(N2CCOC2=O)n1. The first kappa shape index (κ1) is 13.8. The molecule has 7 nitrogen and oxygen atoms in total. The van der Waals surface area contributed by atoms with Gasteiger partial charge >= 0.3 is 6.09 Å². The average molecular weight is 290 g/mol. The van der Waals surface area contributed by atoms with Gasteiger partial charge in [-0.3, -0.25) is 9.69 Å². The van der Waals surface area contributed by atoms with Gasteiger partial charge in [0.15, 0.2) is 5.82 Å². The molecule has 21 heavy (non-hydrogen) atoms. The van der Waals surface area contributed by atoms with E-state index in [-0.39, 0.29) is 18.0 Å². The molecule has 3 rings (SSSR count). The van der Waals surface area contributed by atoms with Gasteiger partial charge in [-0.2, -0.15) is 0 Å². The zero-order valence-electron chi connectivity index (χ0n) is 12.2. The third-order valence-corrected chi connectivity index (χ3v) is 3.85. The number of hydrogen-bond acceptors (Lipinski definition) is 5. The number of rotatable bonds is 2. The lowest BCUT2D eigenvalue weighted by Crippen LogP contribution is -2.30. The molecular weight excluding hydrogens is 272 g/mol. The van der Waals surface area contributed by atoms with Gasteiger partial charge in [-0.25, -0.2) is 14.8 Å². The lowest BCUT2D eigenvalue weighted by molar-refractivity contribution is -0.129. The molecule has 1 unspecified atom stereocenters. The maximum atomic E-state index is 11.7. The predicted molar refractivity (Wildman–Crippen MR) is 74.8 cm³/mol. The van der Waals surface area contributed by atoms with Crippen molar-refractivity contribution in [2.45, 2.75) is 32.7 Å². The van der Waals surface area contributed by atoms with E-state index in [0.29, 0.717) is 24.8 Å². The van der Waals surface area contributed by atoms with Crippen molar-refractivity contribution < 1.29 is 14.3 Å². The number of ether oxygens (including phenoxy) is 1. The Kier molecular flexibility index (Phi) is 3.48. The van der Waals surface area contributed by atoms with E-state index in [0.717, 1.165) is 25.1 Å². The molecule has 0 aromatic carbocycles. The molecule has 0 bridgehead atoms. The lowest BCUT2D eigenvalue weighted by atomic mass is 10.2. The number of aryl methyl sites for hydroxylation is 1. The number of amides is 2. The summed E-state index contributed by atoms with van der Waals surface area (Å²) in [6.07, 6.45) is 1.42. The van der Waals surface area contributed by atoms with E-state index in [1.165, 1.54) is 4.90 Å². The standard InChI is InChI=1S/C14H18N4O3/c1-9-8-12(18-6-7-21-14(18)20)16-13(15-9)11-4-3-5-17(11)10(2)19/h8,11H,3-7H2,1-2H3. The molecule has 2 saturated heterocycles. The molecule has 0 radical (unpaired) electrons. The molecule has 2 aliphatic heterocycles. The van der Waals surface area contributed by atoms with E-state index in [1.807, 2.05) is 6.92 Å². The zero-order chi connectivity index (χ0) is 15.0. The topological polar surface area (TPSA) is 75.6 Å². The molecule has 1 aromatic heterocycles. The first-order chi connectivity index (χ1) is 10.1. The molecule has 0 aliphatic carbocycles. The van der Waals surface area contributed by atoms with Crippen LogP contribution < -0.4 is 4.90 Å². The molecular formula is C14H18N4O3. The summed E-state index contributed by atoms with van der Waals surface area (Å²) in [5.74, 6) is 1.19. The van der Waals surface area contributed by atoms with Crippen molar-refractivity contribution in [1.29, 1.82) is 0 Å². The van der Waals surface area contributed by atoms with Crippen molar-refractivity contribution in [3.63, 3.8) is 0 Å². The fourth-order valence-electron chi connectivity index (χ4n) is 2.88. The molecule has 112 valence electrons. The van der Waals surface area contributed by atoms with Crippen LogP contribution in [0.15, 0.2) is 6.07 Å². The van der Waals surface area contributed by atoms with Crippen molar-refractivity contribution in [3.8, 4) is 0 Å². The second-order valence-corrected chi connectivity index (χ2v) is 5.36. The first-order valence-electron chi connectivity index (χ1n) is 7.13. The minimum atomic E-state index is -0.381. The van der Waals surface area contributed by atoms with Crippen LogP contribution in [0.1, 0.15) is 37.3 Å². The molecule has 2 aliphatic rings. The van der Waals surface area contributed by atoms with Crippen molar-refractivity contribution >= 4 is 17.8 Å². The number of likely N-dealkylation sites (tertiary alicyclic amines) is 1. The largest absolute Gasteiger partial charge is 0.447 e. The van der Waals surface area contributed by atoms with E-state index in [1.54, 1.807) is 17.9 Å². The van der Waals surface area contributed by atoms with E-state index in [2.05, 4.69) is 9.97 Å². The van der Waals surface area contributed by atoms with Crippen LogP contribution in [0.25, 0.3) is 0 Å². The van der Waals surface area contributed by atoms with Gasteiger partial charge in [0.1, 0.15) is 12.4 Å². The monoisotopic (exact) mass is 290 g/mol. The lowest BCUT2D eigenvalue weighted by Gasteiger charge is -2.23. The van der Waals surface area contributed by atoms with Crippen LogP contribution in [0.3, 0.4) is 0 Å². The maximum Gasteiger partial charge on any atom is 0.415 e. The molecule has 3 heterocycles. The van der Waals surface area contributed by atoms with Crippen LogP contribution >= 0.6 is 0 Å². The molecule has 1 atom stereocenters. The van der Waals surface area contributed by atoms with Gasteiger partial charge < -0.3 is 9.64 Å². The van der Waals surface area contributed by atoms with E-state index in [9.17, 15) is 9.59 Å². The molecule has 0 saturated carbocycles. The van der Waals surface area contributed by atoms with Crippen molar-refractivity contribution in [1.82, 2.24) is 14.9 Å². The third-order valence-electron chi connectivity index (χ3n) is 3.85. The summed E-state index contributed by atoms with van der Waals surface area (Å²) < 4.78 is 4.95. The van der Waals surface area contributed by atoms with Crippen LogP contribution in [0, 0.1) is 6.92 Å². The molecule has 2 amide bonds. The third kappa shape index (κ3) is 2.55. The Balaban J connectivity index is 1.94. The van der Waals surface area contributed by atoms with Crippen LogP contribution in [-0.2, 0) is 9.53 Å². The van der Waals surface area contributed by atoms with Crippen LogP contribution in [-0.4, -0.2) is 46.6 Å². The Hall–Kier alpha value is -2.18. The smallest absolute Gasteiger partial charge is 0.415 e. The summed E-state index contributed by atoms with van der Waals surface area (Å²) >= 11 is 0. The Morgan fingerprint density at radius 2 is 2.19 bits per heavy atom. The highest BCUT2D eigenvalue weighted by Crippen LogP contribution is 2.31. The van der Waals surface area contributed by atoms with Crippen LogP contribution in [0.4, 0.5) is 10.6 Å². The quantitative estimate of drug-likeness (QED) is 0.823. The number of nitrogens with zero attached hydrogens (tertiary/aromatic N) is 4. The molecule has 7 heteroatoms. The predicted octanol–water partition coefficient (Wildman–Crippen LogP) is 1.43. The zero-order valence-corrected chi connectivity index (χ0v) is 12.2. The van der Waals surface area contributed by atoms with Crippen molar-refractivity contribution in [2.24, 2.45) is 0 Å². The maximum absolute atomic E-state index is 11.7. The Labute approximate surface area is 122 Å². The second kappa shape index (κ2) is 5.31. The minimum absolute atomic E-state index is 0.0322. The number of carbonyl (C=O) groups is 2. The van der Waals surface area contributed by atoms with Crippen LogP contribution in [0.2, 0.25) is 0 Å². The van der Waals surface area contributed by atoms with E-state index < -0.39 is 0 Å². The average Bonchev–Trinajstić information content (AvgIpc) is 3.06. The number of carbonyl (C=O) groups excluding carboxylic acids is 2. The molecule has 1 aromatic rings. The highest BCUT2D eigenvalue weighted by molar-refractivity contribution is 5.88. The van der Waals surface area contributed by atoms with Gasteiger partial charge in [-0.15, -0.1) is 0 Å². The highest BCUT2D eigenvalue weighted by atomic mass is 16.6. The number of cyclic esters (lactones) is 1. The minimum Gasteiger partial charge on any atom is -0.447 e. The summed E-state index contributed by atoms with van der Waals surface area (Å²) in [6.45, 7) is 5.03. The molecule has 2 fully saturated rings. The summed E-state index contributed by atoms with van der Waals surface area (Å²) in [5, 5.41) is 0. The van der Waals surface area contributed by atoms with Gasteiger partial charge in [-0.05, 0) is 19.8 Å². The number of aromatic nitrogens is 2. The van der Waals surface area contributed by atoms with E-state index >= 15 is 0 Å². The summed E-state index contributed by atoms with van der Waals surface area (Å²) in [6, 6.07) is 1.67. The summed E-state index contributed by atoms with van der Waals surface area (Å²) in [5.41, 5.74) is 0.783. The van der Waals surface area contributed by atoms with Crippen LogP contribution in [0.5, 0.6) is 0 Å². The molecule has 0 spiro atoms. The second-order valence-electron chi connectivity index (χ2n) is 5.36. The number of hydrogen-bond donors (Lipinski definition) is 0. The molecule has 0 N–H and O–H groups in total. The van der Waals surface area contributed by atoms with Crippen molar-refractivity contribution in [2.75, 3.05) is 24.6 Å². The Bertz CT molecular complexity index is 590. The van der Waals surface area contributed by atoms with Gasteiger partial charge in [0.2, 0.25) is 5.91 Å². The van der Waals surface area contributed by atoms with Gasteiger partial charge in [0, 0.05) is 25.2 Å². The van der Waals surface area contributed by atoms with Crippen molar-refractivity contribution in [3.05, 3.63) is 17.6 Å². The van der Waals surface area contributed by atoms with E-state index in [4.69, 9.17) is 4.74 Å². The van der Waals surface area contributed by atoms with Gasteiger partial charge in [0.05, 0.1) is 12.6 Å². The Morgan fingerprint density at radius 3 is 2.86 bits per heavy atom. The van der Waals surface area contributed by atoms with Gasteiger partial charge in [-0.1, -0.05) is 0 Å². The summed E-state index contributed by atoms with van der Waals surface area (Å²) in [4.78, 5) is 35.6. The first-order valence-corrected chi connectivity index (χ1v) is 7.13. The summed E-state index contributed by atoms with van der Waals surface area (Å²) in [7, 11) is 0.